The van der Waals surface area contributed by atoms with E-state index in [1.54, 1.807) is 12.1 Å². The van der Waals surface area contributed by atoms with Crippen LogP contribution in [0, 0.1) is 6.92 Å². The second-order valence-electron chi connectivity index (χ2n) is 7.00. The lowest BCUT2D eigenvalue weighted by molar-refractivity contribution is -0.0504. The number of benzene rings is 2. The smallest absolute Gasteiger partial charge is 0.387 e. The number of alkyl halides is 2. The van der Waals surface area contributed by atoms with Gasteiger partial charge < -0.3 is 14.6 Å². The fraction of sp³-hybridized carbons (Fsp3) is 0.381. The van der Waals surface area contributed by atoms with E-state index in [9.17, 15) is 8.78 Å². The number of fused-ring (bicyclic) bond motifs is 1. The highest BCUT2D eigenvalue weighted by molar-refractivity contribution is 5.77. The van der Waals surface area contributed by atoms with Crippen LogP contribution in [0.4, 0.5) is 8.78 Å². The summed E-state index contributed by atoms with van der Waals surface area (Å²) >= 11 is 0. The molecule has 142 valence electrons. The van der Waals surface area contributed by atoms with Crippen LogP contribution in [0.25, 0.3) is 11.0 Å². The van der Waals surface area contributed by atoms with Crippen LogP contribution in [-0.4, -0.2) is 29.3 Å². The summed E-state index contributed by atoms with van der Waals surface area (Å²) in [5, 5.41) is 3.40. The van der Waals surface area contributed by atoms with E-state index in [1.807, 2.05) is 19.1 Å². The Bertz CT molecular complexity index is 932. The third-order valence-corrected chi connectivity index (χ3v) is 5.29. The Kier molecular flexibility index (Phi) is 5.07. The van der Waals surface area contributed by atoms with Crippen LogP contribution >= 0.6 is 0 Å². The lowest BCUT2D eigenvalue weighted by Crippen LogP contribution is -2.26. The molecule has 1 aromatic heterocycles. The van der Waals surface area contributed by atoms with Gasteiger partial charge in [0.15, 0.2) is 0 Å². The first-order valence-electron chi connectivity index (χ1n) is 9.32. The minimum atomic E-state index is -2.83. The average Bonchev–Trinajstić information content (AvgIpc) is 2.98. The van der Waals surface area contributed by atoms with Crippen LogP contribution in [0.3, 0.4) is 0 Å². The van der Waals surface area contributed by atoms with E-state index in [-0.39, 0.29) is 5.75 Å². The van der Waals surface area contributed by atoms with Crippen molar-refractivity contribution in [3.05, 3.63) is 59.4 Å². The van der Waals surface area contributed by atoms with Crippen molar-refractivity contribution in [2.75, 3.05) is 13.1 Å². The molecule has 0 unspecified atom stereocenters. The first-order valence-corrected chi connectivity index (χ1v) is 9.32. The number of para-hydroxylation sites is 1. The Morgan fingerprint density at radius 1 is 1.19 bits per heavy atom. The summed E-state index contributed by atoms with van der Waals surface area (Å²) in [5.74, 6) is 1.64. The summed E-state index contributed by atoms with van der Waals surface area (Å²) in [6, 6.07) is 13.4. The van der Waals surface area contributed by atoms with E-state index in [4.69, 9.17) is 4.98 Å². The standard InChI is InChI=1S/C21H23F2N3O/c1-14-25-18-12-16(15-8-10-24-11-9-15)6-7-19(18)26(14)13-17-4-2-3-5-20(17)27-21(22)23/h2-7,12,15,21,24H,8-11,13H2,1H3. The van der Waals surface area contributed by atoms with Crippen LogP contribution < -0.4 is 10.1 Å². The molecule has 27 heavy (non-hydrogen) atoms. The van der Waals surface area contributed by atoms with Crippen molar-refractivity contribution in [3.8, 4) is 5.75 Å². The van der Waals surface area contributed by atoms with Gasteiger partial charge in [0.2, 0.25) is 0 Å². The van der Waals surface area contributed by atoms with Crippen LogP contribution in [-0.2, 0) is 6.54 Å². The van der Waals surface area contributed by atoms with E-state index >= 15 is 0 Å². The number of ether oxygens (including phenoxy) is 1. The Balaban J connectivity index is 1.66. The number of nitrogens with zero attached hydrogens (tertiary/aromatic N) is 2. The highest BCUT2D eigenvalue weighted by atomic mass is 19.3. The third kappa shape index (κ3) is 3.81. The first kappa shape index (κ1) is 17.9. The van der Waals surface area contributed by atoms with E-state index < -0.39 is 6.61 Å². The van der Waals surface area contributed by atoms with Gasteiger partial charge in [0.25, 0.3) is 0 Å². The van der Waals surface area contributed by atoms with Gasteiger partial charge in [-0.1, -0.05) is 24.3 Å². The summed E-state index contributed by atoms with van der Waals surface area (Å²) in [6.45, 7) is 1.66. The van der Waals surface area contributed by atoms with Crippen molar-refractivity contribution >= 4 is 11.0 Å². The van der Waals surface area contributed by atoms with Gasteiger partial charge in [0.1, 0.15) is 11.6 Å². The number of halogens is 2. The minimum Gasteiger partial charge on any atom is -0.434 e. The number of hydrogen-bond donors (Lipinski definition) is 1. The number of aromatic nitrogens is 2. The molecule has 1 aliphatic heterocycles. The SMILES string of the molecule is Cc1nc2cc(C3CCNCC3)ccc2n1Cc1ccccc1OC(F)F. The molecule has 2 heterocycles. The van der Waals surface area contributed by atoms with E-state index in [2.05, 4.69) is 32.8 Å². The maximum Gasteiger partial charge on any atom is 0.387 e. The van der Waals surface area contributed by atoms with Gasteiger partial charge in [-0.15, -0.1) is 0 Å². The number of rotatable bonds is 5. The first-order chi connectivity index (χ1) is 13.1. The van der Waals surface area contributed by atoms with Gasteiger partial charge in [-0.25, -0.2) is 4.98 Å². The molecule has 1 fully saturated rings. The predicted molar refractivity (Wildman–Crippen MR) is 101 cm³/mol. The number of nitrogens with one attached hydrogen (secondary N) is 1. The molecule has 0 saturated carbocycles. The lowest BCUT2D eigenvalue weighted by atomic mass is 9.90. The van der Waals surface area contributed by atoms with Crippen molar-refractivity contribution in [1.29, 1.82) is 0 Å². The largest absolute Gasteiger partial charge is 0.434 e. The summed E-state index contributed by atoms with van der Waals surface area (Å²) in [5.41, 5.74) is 4.01. The van der Waals surface area contributed by atoms with E-state index in [0.29, 0.717) is 18.0 Å². The molecule has 6 heteroatoms. The zero-order chi connectivity index (χ0) is 18.8. The number of piperidine rings is 1. The fourth-order valence-electron chi connectivity index (χ4n) is 3.89. The topological polar surface area (TPSA) is 39.1 Å². The van der Waals surface area contributed by atoms with Gasteiger partial charge in [-0.05, 0) is 62.5 Å². The monoisotopic (exact) mass is 371 g/mol. The quantitative estimate of drug-likeness (QED) is 0.720. The second-order valence-corrected chi connectivity index (χ2v) is 7.00. The Morgan fingerprint density at radius 2 is 1.96 bits per heavy atom. The van der Waals surface area contributed by atoms with Crippen LogP contribution in [0.5, 0.6) is 5.75 Å². The maximum absolute atomic E-state index is 12.7. The number of imidazole rings is 1. The summed E-state index contributed by atoms with van der Waals surface area (Å²) in [4.78, 5) is 4.71. The van der Waals surface area contributed by atoms with Crippen molar-refractivity contribution in [1.82, 2.24) is 14.9 Å². The molecule has 3 aromatic rings. The van der Waals surface area contributed by atoms with Crippen LogP contribution in [0.2, 0.25) is 0 Å². The molecular weight excluding hydrogens is 348 g/mol. The molecule has 2 aromatic carbocycles. The summed E-state index contributed by atoms with van der Waals surface area (Å²) in [6.07, 6.45) is 2.28. The van der Waals surface area contributed by atoms with Crippen molar-refractivity contribution in [2.45, 2.75) is 38.8 Å². The Morgan fingerprint density at radius 3 is 2.74 bits per heavy atom. The molecular formula is C21H23F2N3O. The lowest BCUT2D eigenvalue weighted by Gasteiger charge is -2.23. The molecule has 0 aliphatic carbocycles. The predicted octanol–water partition coefficient (Wildman–Crippen LogP) is 4.46. The van der Waals surface area contributed by atoms with Gasteiger partial charge in [-0.3, -0.25) is 0 Å². The van der Waals surface area contributed by atoms with Crippen LogP contribution in [0.15, 0.2) is 42.5 Å². The molecule has 1 N–H and O–H groups in total. The third-order valence-electron chi connectivity index (χ3n) is 5.29. The maximum atomic E-state index is 12.7. The molecule has 1 aliphatic rings. The molecule has 0 amide bonds. The Labute approximate surface area is 157 Å². The fourth-order valence-corrected chi connectivity index (χ4v) is 3.89. The summed E-state index contributed by atoms with van der Waals surface area (Å²) < 4.78 is 32.1. The van der Waals surface area contributed by atoms with Crippen molar-refractivity contribution in [3.63, 3.8) is 0 Å². The molecule has 1 saturated heterocycles. The second kappa shape index (κ2) is 7.64. The summed E-state index contributed by atoms with van der Waals surface area (Å²) in [7, 11) is 0. The van der Waals surface area contributed by atoms with Gasteiger partial charge in [-0.2, -0.15) is 8.78 Å². The van der Waals surface area contributed by atoms with Crippen molar-refractivity contribution in [2.24, 2.45) is 0 Å². The Hall–Kier alpha value is -2.47. The average molecular weight is 371 g/mol. The van der Waals surface area contributed by atoms with E-state index in [1.165, 1.54) is 5.56 Å². The molecule has 0 bridgehead atoms. The van der Waals surface area contributed by atoms with Gasteiger partial charge in [0, 0.05) is 5.56 Å². The number of hydrogen-bond acceptors (Lipinski definition) is 3. The minimum absolute atomic E-state index is 0.208. The molecule has 4 rings (SSSR count). The molecule has 4 nitrogen and oxygen atoms in total. The highest BCUT2D eigenvalue weighted by Gasteiger charge is 2.18. The highest BCUT2D eigenvalue weighted by Crippen LogP contribution is 2.29. The zero-order valence-corrected chi connectivity index (χ0v) is 15.3. The van der Waals surface area contributed by atoms with E-state index in [0.717, 1.165) is 42.8 Å². The van der Waals surface area contributed by atoms with Crippen LogP contribution in [0.1, 0.15) is 35.7 Å². The van der Waals surface area contributed by atoms with Gasteiger partial charge in [0.05, 0.1) is 17.6 Å². The van der Waals surface area contributed by atoms with Crippen molar-refractivity contribution < 1.29 is 13.5 Å². The zero-order valence-electron chi connectivity index (χ0n) is 15.3. The van der Waals surface area contributed by atoms with Gasteiger partial charge >= 0.3 is 6.61 Å². The molecule has 0 radical (unpaired) electrons. The number of aryl methyl sites for hydroxylation is 1. The normalized spacial score (nSPS) is 15.6. The molecule has 0 spiro atoms. The molecule has 0 atom stereocenters.